The van der Waals surface area contributed by atoms with E-state index in [0.29, 0.717) is 5.56 Å². The van der Waals surface area contributed by atoms with Crippen molar-refractivity contribution in [2.45, 2.75) is 19.8 Å². The van der Waals surface area contributed by atoms with E-state index in [4.69, 9.17) is 21.4 Å². The van der Waals surface area contributed by atoms with E-state index in [9.17, 15) is 9.59 Å². The van der Waals surface area contributed by atoms with Crippen molar-refractivity contribution in [1.29, 1.82) is 0 Å². The topological polar surface area (TPSA) is 88.5 Å². The van der Waals surface area contributed by atoms with Crippen LogP contribution in [-0.2, 0) is 9.53 Å². The molecule has 0 aliphatic rings. The van der Waals surface area contributed by atoms with Crippen molar-refractivity contribution in [3.8, 4) is 0 Å². The first kappa shape index (κ1) is 16.4. The van der Waals surface area contributed by atoms with Gasteiger partial charge in [-0.25, -0.2) is 9.78 Å². The van der Waals surface area contributed by atoms with E-state index in [1.54, 1.807) is 6.07 Å². The number of amides is 1. The number of nitrogens with one attached hydrogen (secondary N) is 1. The molecule has 0 bridgehead atoms. The molecule has 1 heterocycles. The molecule has 0 saturated heterocycles. The van der Waals surface area contributed by atoms with Gasteiger partial charge in [0.15, 0.2) is 0 Å². The maximum atomic E-state index is 11.9. The summed E-state index contributed by atoms with van der Waals surface area (Å²) in [6.45, 7) is 3.89. The highest BCUT2D eigenvalue weighted by Gasteiger charge is 2.10. The average molecular weight is 301 g/mol. The Morgan fingerprint density at radius 3 is 2.75 bits per heavy atom. The second-order valence-corrected chi connectivity index (χ2v) is 4.85. The molecule has 1 amide bonds. The lowest BCUT2D eigenvalue weighted by molar-refractivity contribution is -0.142. The van der Waals surface area contributed by atoms with Crippen LogP contribution in [0.25, 0.3) is 0 Å². The quantitative estimate of drug-likeness (QED) is 0.591. The summed E-state index contributed by atoms with van der Waals surface area (Å²) in [5.41, 5.74) is 1.16. The van der Waals surface area contributed by atoms with Gasteiger partial charge in [-0.05, 0) is 18.1 Å². The Morgan fingerprint density at radius 1 is 1.45 bits per heavy atom. The third kappa shape index (κ3) is 5.54. The number of ether oxygens (including phenoxy) is 1. The summed E-state index contributed by atoms with van der Waals surface area (Å²) in [7, 11) is 0. The highest BCUT2D eigenvalue weighted by atomic mass is 35.5. The van der Waals surface area contributed by atoms with Crippen LogP contribution in [-0.4, -0.2) is 41.7 Å². The monoisotopic (exact) mass is 300 g/mol. The summed E-state index contributed by atoms with van der Waals surface area (Å²) >= 11 is 5.88. The van der Waals surface area contributed by atoms with Crippen LogP contribution in [0.15, 0.2) is 12.1 Å². The number of nitrogens with zero attached hydrogens (tertiary/aromatic N) is 1. The zero-order valence-corrected chi connectivity index (χ0v) is 12.1. The number of hydrogen-bond acceptors (Lipinski definition) is 4. The summed E-state index contributed by atoms with van der Waals surface area (Å²) in [5.74, 6) is -1.17. The maximum Gasteiger partial charge on any atom is 0.329 e. The lowest BCUT2D eigenvalue weighted by Gasteiger charge is -2.09. The summed E-state index contributed by atoms with van der Waals surface area (Å²) in [4.78, 5) is 26.3. The SMILES string of the molecule is CC(C)c1cc(C(=O)NCCOCC(=O)O)cc(Cl)n1. The fourth-order valence-corrected chi connectivity index (χ4v) is 1.66. The normalized spacial score (nSPS) is 10.6. The minimum Gasteiger partial charge on any atom is -0.480 e. The zero-order chi connectivity index (χ0) is 15.1. The summed E-state index contributed by atoms with van der Waals surface area (Å²) in [6, 6.07) is 3.17. The van der Waals surface area contributed by atoms with Gasteiger partial charge in [0, 0.05) is 17.8 Å². The first-order chi connectivity index (χ1) is 9.40. The predicted molar refractivity (Wildman–Crippen MR) is 74.1 cm³/mol. The lowest BCUT2D eigenvalue weighted by atomic mass is 10.1. The fraction of sp³-hybridized carbons (Fsp3) is 0.462. The molecule has 0 fully saturated rings. The molecule has 7 heteroatoms. The van der Waals surface area contributed by atoms with Gasteiger partial charge in [0.2, 0.25) is 0 Å². The van der Waals surface area contributed by atoms with Crippen molar-refractivity contribution in [2.24, 2.45) is 0 Å². The van der Waals surface area contributed by atoms with Crippen LogP contribution in [0.4, 0.5) is 0 Å². The number of carboxylic acid groups (broad SMARTS) is 1. The Bertz CT molecular complexity index is 491. The molecule has 1 rings (SSSR count). The van der Waals surface area contributed by atoms with E-state index in [-0.39, 0.29) is 36.7 Å². The van der Waals surface area contributed by atoms with Crippen molar-refractivity contribution >= 4 is 23.5 Å². The number of halogens is 1. The fourth-order valence-electron chi connectivity index (χ4n) is 1.44. The van der Waals surface area contributed by atoms with Crippen LogP contribution in [0.2, 0.25) is 5.15 Å². The highest BCUT2D eigenvalue weighted by molar-refractivity contribution is 6.29. The van der Waals surface area contributed by atoms with Crippen molar-refractivity contribution in [3.63, 3.8) is 0 Å². The molecule has 6 nitrogen and oxygen atoms in total. The molecule has 0 aliphatic carbocycles. The minimum absolute atomic E-state index is 0.133. The molecule has 110 valence electrons. The molecule has 2 N–H and O–H groups in total. The lowest BCUT2D eigenvalue weighted by Crippen LogP contribution is -2.28. The molecule has 1 aromatic rings. The van der Waals surface area contributed by atoms with E-state index in [0.717, 1.165) is 5.69 Å². The molecule has 0 unspecified atom stereocenters. The Hall–Kier alpha value is -1.66. The Balaban J connectivity index is 2.53. The van der Waals surface area contributed by atoms with Crippen LogP contribution in [0.3, 0.4) is 0 Å². The molecule has 1 aromatic heterocycles. The van der Waals surface area contributed by atoms with Gasteiger partial charge >= 0.3 is 5.97 Å². The Kier molecular flexibility index (Phi) is 6.41. The molecule has 0 aliphatic heterocycles. The number of aromatic nitrogens is 1. The van der Waals surface area contributed by atoms with E-state index in [1.807, 2.05) is 13.8 Å². The van der Waals surface area contributed by atoms with Crippen LogP contribution >= 0.6 is 11.6 Å². The molecule has 0 saturated carbocycles. The molecule has 0 radical (unpaired) electrons. The largest absolute Gasteiger partial charge is 0.480 e. The summed E-state index contributed by atoms with van der Waals surface area (Å²) in [5, 5.41) is 11.3. The maximum absolute atomic E-state index is 11.9. The molecular weight excluding hydrogens is 284 g/mol. The molecular formula is C13H17ClN2O4. The van der Waals surface area contributed by atoms with Gasteiger partial charge in [-0.1, -0.05) is 25.4 Å². The number of aliphatic carboxylic acids is 1. The van der Waals surface area contributed by atoms with Crippen molar-refractivity contribution < 1.29 is 19.4 Å². The number of pyridine rings is 1. The first-order valence-corrected chi connectivity index (χ1v) is 6.53. The van der Waals surface area contributed by atoms with Crippen LogP contribution < -0.4 is 5.32 Å². The number of hydrogen-bond donors (Lipinski definition) is 2. The van der Waals surface area contributed by atoms with Gasteiger partial charge < -0.3 is 15.2 Å². The smallest absolute Gasteiger partial charge is 0.329 e. The van der Waals surface area contributed by atoms with Crippen LogP contribution in [0.5, 0.6) is 0 Å². The summed E-state index contributed by atoms with van der Waals surface area (Å²) < 4.78 is 4.81. The van der Waals surface area contributed by atoms with Crippen molar-refractivity contribution in [2.75, 3.05) is 19.8 Å². The van der Waals surface area contributed by atoms with E-state index < -0.39 is 5.97 Å². The number of rotatable bonds is 7. The molecule has 0 aromatic carbocycles. The summed E-state index contributed by atoms with van der Waals surface area (Å²) in [6.07, 6.45) is 0. The third-order valence-corrected chi connectivity index (χ3v) is 2.62. The molecule has 20 heavy (non-hydrogen) atoms. The van der Waals surface area contributed by atoms with E-state index in [2.05, 4.69) is 10.3 Å². The predicted octanol–water partition coefficient (Wildman–Crippen LogP) is 1.69. The number of carbonyl (C=O) groups excluding carboxylic acids is 1. The van der Waals surface area contributed by atoms with Crippen LogP contribution in [0.1, 0.15) is 35.8 Å². The highest BCUT2D eigenvalue weighted by Crippen LogP contribution is 2.17. The zero-order valence-electron chi connectivity index (χ0n) is 11.4. The van der Waals surface area contributed by atoms with Crippen molar-refractivity contribution in [3.05, 3.63) is 28.5 Å². The van der Waals surface area contributed by atoms with Gasteiger partial charge in [0.1, 0.15) is 11.8 Å². The number of carboxylic acids is 1. The van der Waals surface area contributed by atoms with Gasteiger partial charge in [-0.2, -0.15) is 0 Å². The molecule has 0 spiro atoms. The standard InChI is InChI=1S/C13H17ClN2O4/c1-8(2)10-5-9(6-11(14)16-10)13(19)15-3-4-20-7-12(17)18/h5-6,8H,3-4,7H2,1-2H3,(H,15,19)(H,17,18). The average Bonchev–Trinajstić information content (AvgIpc) is 2.36. The third-order valence-electron chi connectivity index (χ3n) is 2.43. The van der Waals surface area contributed by atoms with Gasteiger partial charge in [0.05, 0.1) is 6.61 Å². The first-order valence-electron chi connectivity index (χ1n) is 6.15. The van der Waals surface area contributed by atoms with E-state index in [1.165, 1.54) is 6.07 Å². The van der Waals surface area contributed by atoms with Gasteiger partial charge in [0.25, 0.3) is 5.91 Å². The van der Waals surface area contributed by atoms with Crippen LogP contribution in [0, 0.1) is 0 Å². The minimum atomic E-state index is -1.04. The number of carbonyl (C=O) groups is 2. The molecule has 0 atom stereocenters. The second kappa shape index (κ2) is 7.81. The van der Waals surface area contributed by atoms with E-state index >= 15 is 0 Å². The van der Waals surface area contributed by atoms with Gasteiger partial charge in [-0.15, -0.1) is 0 Å². The Morgan fingerprint density at radius 2 is 2.15 bits per heavy atom. The Labute approximate surface area is 122 Å². The van der Waals surface area contributed by atoms with Gasteiger partial charge in [-0.3, -0.25) is 4.79 Å². The second-order valence-electron chi connectivity index (χ2n) is 4.46. The van der Waals surface area contributed by atoms with Crippen molar-refractivity contribution in [1.82, 2.24) is 10.3 Å².